The van der Waals surface area contributed by atoms with Gasteiger partial charge in [0.05, 0.1) is 5.69 Å². The Kier molecular flexibility index (Phi) is 6.42. The first-order valence-corrected chi connectivity index (χ1v) is 9.77. The van der Waals surface area contributed by atoms with E-state index in [0.717, 1.165) is 0 Å². The van der Waals surface area contributed by atoms with Gasteiger partial charge in [-0.05, 0) is 60.9 Å². The van der Waals surface area contributed by atoms with Crippen molar-refractivity contribution in [1.82, 2.24) is 14.8 Å². The van der Waals surface area contributed by atoms with Crippen molar-refractivity contribution < 1.29 is 27.4 Å². The van der Waals surface area contributed by atoms with Crippen LogP contribution < -0.4 is 10.1 Å². The Balaban J connectivity index is 1.64. The Morgan fingerprint density at radius 3 is 2.22 bits per heavy atom. The van der Waals surface area contributed by atoms with Gasteiger partial charge in [-0.25, -0.2) is 14.5 Å². The van der Waals surface area contributed by atoms with Gasteiger partial charge in [0.1, 0.15) is 18.2 Å². The second-order valence-electron chi connectivity index (χ2n) is 8.17. The fourth-order valence-corrected chi connectivity index (χ4v) is 2.51. The predicted octanol–water partition coefficient (Wildman–Crippen LogP) is 5.82. The van der Waals surface area contributed by atoms with Crippen LogP contribution in [0, 0.1) is 5.41 Å². The second-order valence-corrected chi connectivity index (χ2v) is 8.17. The van der Waals surface area contributed by atoms with Crippen LogP contribution >= 0.6 is 0 Å². The number of rotatable bonds is 5. The molecule has 2 aromatic carbocycles. The van der Waals surface area contributed by atoms with Gasteiger partial charge in [-0.15, -0.1) is 18.3 Å². The molecule has 3 rings (SSSR count). The largest absolute Gasteiger partial charge is 0.573 e. The van der Waals surface area contributed by atoms with Crippen LogP contribution in [0.4, 0.5) is 23.7 Å². The molecule has 0 radical (unpaired) electrons. The maximum Gasteiger partial charge on any atom is 0.573 e. The number of aromatic nitrogens is 3. The topological polar surface area (TPSA) is 78.3 Å². The molecule has 1 aromatic heterocycles. The maximum absolute atomic E-state index is 12.3. The van der Waals surface area contributed by atoms with Gasteiger partial charge in [0.25, 0.3) is 0 Å². The van der Waals surface area contributed by atoms with Crippen LogP contribution in [0.15, 0.2) is 54.9 Å². The van der Waals surface area contributed by atoms with E-state index in [1.54, 1.807) is 24.3 Å². The number of benzene rings is 2. The van der Waals surface area contributed by atoms with Crippen LogP contribution in [0.25, 0.3) is 17.1 Å². The van der Waals surface area contributed by atoms with Gasteiger partial charge in [-0.3, -0.25) is 5.32 Å². The molecular weight excluding hydrogens is 425 g/mol. The molecule has 170 valence electrons. The molecule has 7 nitrogen and oxygen atoms in total. The lowest BCUT2D eigenvalue weighted by atomic mass is 9.90. The number of alkyl halides is 3. The first-order chi connectivity index (χ1) is 14.9. The lowest BCUT2D eigenvalue weighted by molar-refractivity contribution is -0.274. The van der Waals surface area contributed by atoms with E-state index in [9.17, 15) is 18.0 Å². The van der Waals surface area contributed by atoms with Crippen molar-refractivity contribution >= 4 is 11.8 Å². The number of hydrogen-bond donors (Lipinski definition) is 1. The van der Waals surface area contributed by atoms with E-state index in [4.69, 9.17) is 4.74 Å². The highest BCUT2D eigenvalue weighted by atomic mass is 19.4. The van der Waals surface area contributed by atoms with E-state index in [0.29, 0.717) is 22.8 Å². The molecular formula is C22H23F3N4O3. The maximum atomic E-state index is 12.3. The first kappa shape index (κ1) is 23.1. The number of nitrogens with zero attached hydrogens (tertiary/aromatic N) is 3. The van der Waals surface area contributed by atoms with Crippen molar-refractivity contribution in [1.29, 1.82) is 0 Å². The van der Waals surface area contributed by atoms with E-state index in [2.05, 4.69) is 20.1 Å². The zero-order valence-corrected chi connectivity index (χ0v) is 18.0. The summed E-state index contributed by atoms with van der Waals surface area (Å²) in [7, 11) is 0. The molecule has 0 fully saturated rings. The van der Waals surface area contributed by atoms with Gasteiger partial charge in [0.15, 0.2) is 5.82 Å². The third-order valence-electron chi connectivity index (χ3n) is 4.72. The van der Waals surface area contributed by atoms with Crippen molar-refractivity contribution in [2.75, 3.05) is 5.32 Å². The number of hydrogen-bond acceptors (Lipinski definition) is 5. The average Bonchev–Trinajstić information content (AvgIpc) is 3.17. The van der Waals surface area contributed by atoms with Crippen LogP contribution in [-0.4, -0.2) is 33.3 Å². The molecule has 10 heteroatoms. The standard InChI is InChI=1S/C22H23F3N4O3/c1-14(21(2,3)4)31-20(30)27-16-7-5-15(6-8-16)19-26-13-29(28-19)17-9-11-18(12-10-17)32-22(23,24)25/h5-14H,1-4H3,(H,27,30). The monoisotopic (exact) mass is 448 g/mol. The molecule has 1 atom stereocenters. The minimum absolute atomic E-state index is 0.169. The minimum atomic E-state index is -4.75. The Hall–Kier alpha value is -3.56. The van der Waals surface area contributed by atoms with Crippen LogP contribution in [0.5, 0.6) is 5.75 Å². The number of carbonyl (C=O) groups excluding carboxylic acids is 1. The fourth-order valence-electron chi connectivity index (χ4n) is 2.51. The number of ether oxygens (including phenoxy) is 2. The molecule has 1 N–H and O–H groups in total. The predicted molar refractivity (Wildman–Crippen MR) is 112 cm³/mol. The highest BCUT2D eigenvalue weighted by molar-refractivity contribution is 5.85. The molecule has 1 amide bonds. The summed E-state index contributed by atoms with van der Waals surface area (Å²) in [6.07, 6.45) is -4.10. The van der Waals surface area contributed by atoms with E-state index >= 15 is 0 Å². The third-order valence-corrected chi connectivity index (χ3v) is 4.72. The third kappa shape index (κ3) is 6.22. The molecule has 1 unspecified atom stereocenters. The molecule has 0 spiro atoms. The summed E-state index contributed by atoms with van der Waals surface area (Å²) in [5.41, 5.74) is 1.60. The summed E-state index contributed by atoms with van der Waals surface area (Å²) in [5.74, 6) is 0.0937. The van der Waals surface area contributed by atoms with Crippen molar-refractivity contribution in [3.8, 4) is 22.8 Å². The second kappa shape index (κ2) is 8.89. The average molecular weight is 448 g/mol. The summed E-state index contributed by atoms with van der Waals surface area (Å²) in [6, 6.07) is 12.2. The Morgan fingerprint density at radius 2 is 1.66 bits per heavy atom. The molecule has 0 aliphatic rings. The molecule has 0 saturated heterocycles. The summed E-state index contributed by atoms with van der Waals surface area (Å²) < 4.78 is 47.5. The highest BCUT2D eigenvalue weighted by Crippen LogP contribution is 2.25. The highest BCUT2D eigenvalue weighted by Gasteiger charge is 2.31. The summed E-state index contributed by atoms with van der Waals surface area (Å²) in [4.78, 5) is 16.3. The smallest absolute Gasteiger partial charge is 0.446 e. The van der Waals surface area contributed by atoms with E-state index < -0.39 is 12.5 Å². The quantitative estimate of drug-likeness (QED) is 0.532. The summed E-state index contributed by atoms with van der Waals surface area (Å²) in [5, 5.41) is 7.02. The number of anilines is 1. The van der Waals surface area contributed by atoms with Gasteiger partial charge >= 0.3 is 12.5 Å². The zero-order valence-electron chi connectivity index (χ0n) is 18.0. The summed E-state index contributed by atoms with van der Waals surface area (Å²) in [6.45, 7) is 7.78. The Bertz CT molecular complexity index is 1060. The van der Waals surface area contributed by atoms with Crippen LogP contribution in [0.1, 0.15) is 27.7 Å². The van der Waals surface area contributed by atoms with Gasteiger partial charge in [0, 0.05) is 11.3 Å². The lowest BCUT2D eigenvalue weighted by Gasteiger charge is -2.26. The molecule has 3 aromatic rings. The van der Waals surface area contributed by atoms with Gasteiger partial charge in [-0.1, -0.05) is 20.8 Å². The number of halogens is 3. The SMILES string of the molecule is CC(OC(=O)Nc1ccc(-c2ncn(-c3ccc(OC(F)(F)F)cc3)n2)cc1)C(C)(C)C. The molecule has 0 bridgehead atoms. The normalized spacial score (nSPS) is 12.8. The number of nitrogens with one attached hydrogen (secondary N) is 1. The number of carbonyl (C=O) groups is 1. The summed E-state index contributed by atoms with van der Waals surface area (Å²) >= 11 is 0. The van der Waals surface area contributed by atoms with Gasteiger partial charge in [-0.2, -0.15) is 0 Å². The van der Waals surface area contributed by atoms with Crippen molar-refractivity contribution in [2.45, 2.75) is 40.2 Å². The van der Waals surface area contributed by atoms with Gasteiger partial charge < -0.3 is 9.47 Å². The molecule has 0 aliphatic carbocycles. The van der Waals surface area contributed by atoms with Crippen LogP contribution in [-0.2, 0) is 4.74 Å². The van der Waals surface area contributed by atoms with Crippen molar-refractivity contribution in [3.05, 3.63) is 54.9 Å². The Labute approximate surface area is 183 Å². The first-order valence-electron chi connectivity index (χ1n) is 9.77. The zero-order chi connectivity index (χ0) is 23.5. The van der Waals surface area contributed by atoms with Crippen LogP contribution in [0.3, 0.4) is 0 Å². The lowest BCUT2D eigenvalue weighted by Crippen LogP contribution is -2.30. The molecule has 32 heavy (non-hydrogen) atoms. The van der Waals surface area contributed by atoms with E-state index in [-0.39, 0.29) is 17.3 Å². The molecule has 0 saturated carbocycles. The van der Waals surface area contributed by atoms with Gasteiger partial charge in [0.2, 0.25) is 0 Å². The van der Waals surface area contributed by atoms with Crippen LogP contribution in [0.2, 0.25) is 0 Å². The fraction of sp³-hybridized carbons (Fsp3) is 0.318. The minimum Gasteiger partial charge on any atom is -0.446 e. The van der Waals surface area contributed by atoms with Crippen molar-refractivity contribution in [2.24, 2.45) is 5.41 Å². The Morgan fingerprint density at radius 1 is 1.03 bits per heavy atom. The van der Waals surface area contributed by atoms with Crippen molar-refractivity contribution in [3.63, 3.8) is 0 Å². The molecule has 1 heterocycles. The van der Waals surface area contributed by atoms with E-state index in [1.165, 1.54) is 35.3 Å². The number of amides is 1. The molecule has 0 aliphatic heterocycles. The van der Waals surface area contributed by atoms with E-state index in [1.807, 2.05) is 27.7 Å².